The summed E-state index contributed by atoms with van der Waals surface area (Å²) in [5.41, 5.74) is 5.50. The maximum atomic E-state index is 9.56. The number of aliphatic hydroxyl groups excluding tert-OH is 2. The largest absolute Gasteiger partial charge is 0.389 e. The van der Waals surface area contributed by atoms with Crippen molar-refractivity contribution in [2.45, 2.75) is 12.2 Å². The Bertz CT molecular complexity index is 322. The van der Waals surface area contributed by atoms with Gasteiger partial charge in [-0.2, -0.15) is 0 Å². The third-order valence-electron chi connectivity index (χ3n) is 1.77. The molecule has 0 aliphatic rings. The molecule has 4 N–H and O–H groups in total. The van der Waals surface area contributed by atoms with Gasteiger partial charge in [0.1, 0.15) is 16.4 Å². The topological polar surface area (TPSA) is 79.4 Å². The highest BCUT2D eigenvalue weighted by Gasteiger charge is 2.20. The summed E-state index contributed by atoms with van der Waals surface area (Å²) in [5, 5.41) is 19.1. The van der Waals surface area contributed by atoms with Gasteiger partial charge in [0.25, 0.3) is 0 Å². The number of halogens is 2. The lowest BCUT2D eigenvalue weighted by atomic mass is 10.1. The van der Waals surface area contributed by atoms with Crippen LogP contribution in [0.5, 0.6) is 0 Å². The zero-order valence-electron chi connectivity index (χ0n) is 7.19. The van der Waals surface area contributed by atoms with Crippen LogP contribution >= 0.6 is 23.2 Å². The molecule has 0 bridgehead atoms. The van der Waals surface area contributed by atoms with Crippen LogP contribution in [-0.4, -0.2) is 27.8 Å². The van der Waals surface area contributed by atoms with Crippen molar-refractivity contribution in [3.8, 4) is 0 Å². The van der Waals surface area contributed by atoms with Crippen molar-refractivity contribution < 1.29 is 10.2 Å². The maximum absolute atomic E-state index is 9.56. The zero-order chi connectivity index (χ0) is 10.7. The first-order valence-electron chi connectivity index (χ1n) is 3.94. The molecule has 78 valence electrons. The summed E-state index contributed by atoms with van der Waals surface area (Å²) in [6.07, 6.45) is -2.20. The van der Waals surface area contributed by atoms with Gasteiger partial charge in [0.15, 0.2) is 0 Å². The third-order valence-corrected chi connectivity index (χ3v) is 2.28. The van der Waals surface area contributed by atoms with Gasteiger partial charge in [0.05, 0.1) is 6.10 Å². The van der Waals surface area contributed by atoms with Crippen LogP contribution in [-0.2, 0) is 0 Å². The van der Waals surface area contributed by atoms with Gasteiger partial charge < -0.3 is 15.9 Å². The molecule has 1 aromatic rings. The summed E-state index contributed by atoms with van der Waals surface area (Å²) in [5.74, 6) is 0. The quantitative estimate of drug-likeness (QED) is 0.677. The minimum Gasteiger partial charge on any atom is -0.389 e. The highest BCUT2D eigenvalue weighted by molar-refractivity contribution is 6.32. The number of rotatable bonds is 3. The summed E-state index contributed by atoms with van der Waals surface area (Å²) in [4.78, 5) is 3.73. The Hall–Kier alpha value is -0.390. The molecule has 0 amide bonds. The molecule has 0 aromatic carbocycles. The Balaban J connectivity index is 2.95. The van der Waals surface area contributed by atoms with Gasteiger partial charge in [-0.1, -0.05) is 29.3 Å². The van der Waals surface area contributed by atoms with E-state index in [-0.39, 0.29) is 16.9 Å². The third kappa shape index (κ3) is 2.56. The minimum atomic E-state index is -1.14. The van der Waals surface area contributed by atoms with E-state index in [2.05, 4.69) is 4.98 Å². The smallest absolute Gasteiger partial charge is 0.136 e. The van der Waals surface area contributed by atoms with Crippen LogP contribution in [0.4, 0.5) is 0 Å². The van der Waals surface area contributed by atoms with Crippen molar-refractivity contribution in [1.29, 1.82) is 0 Å². The van der Waals surface area contributed by atoms with Crippen molar-refractivity contribution in [3.63, 3.8) is 0 Å². The summed E-state index contributed by atoms with van der Waals surface area (Å²) < 4.78 is 0. The molecule has 0 aliphatic carbocycles. The lowest BCUT2D eigenvalue weighted by Gasteiger charge is -2.16. The molecule has 2 atom stereocenters. The van der Waals surface area contributed by atoms with Crippen LogP contribution in [0.1, 0.15) is 11.7 Å². The fraction of sp³-hybridized carbons (Fsp3) is 0.375. The molecule has 2 unspecified atom stereocenters. The Kier molecular flexibility index (Phi) is 4.10. The number of aliphatic hydroxyl groups is 2. The number of nitrogens with two attached hydrogens (primary N) is 1. The summed E-state index contributed by atoms with van der Waals surface area (Å²) in [6, 6.07) is 2.98. The standard InChI is InChI=1S/C8H10Cl2N2O2/c9-6-2-1-4(8(10)12-6)7(14)5(13)3-11/h1-2,5,7,13-14H,3,11H2. The predicted molar refractivity (Wildman–Crippen MR) is 54.3 cm³/mol. The minimum absolute atomic E-state index is 0.0554. The van der Waals surface area contributed by atoms with Gasteiger partial charge in [0, 0.05) is 12.1 Å². The highest BCUT2D eigenvalue weighted by atomic mass is 35.5. The molecule has 0 aliphatic heterocycles. The Morgan fingerprint density at radius 3 is 2.50 bits per heavy atom. The van der Waals surface area contributed by atoms with E-state index < -0.39 is 12.2 Å². The van der Waals surface area contributed by atoms with Crippen molar-refractivity contribution >= 4 is 23.2 Å². The monoisotopic (exact) mass is 236 g/mol. The molecule has 0 radical (unpaired) electrons. The van der Waals surface area contributed by atoms with E-state index in [1.54, 1.807) is 0 Å². The van der Waals surface area contributed by atoms with Crippen LogP contribution < -0.4 is 5.73 Å². The number of hydrogen-bond donors (Lipinski definition) is 3. The molecule has 1 heterocycles. The fourth-order valence-electron chi connectivity index (χ4n) is 0.980. The first kappa shape index (κ1) is 11.7. The maximum Gasteiger partial charge on any atom is 0.136 e. The highest BCUT2D eigenvalue weighted by Crippen LogP contribution is 2.24. The average Bonchev–Trinajstić information content (AvgIpc) is 2.15. The van der Waals surface area contributed by atoms with Gasteiger partial charge in [0.2, 0.25) is 0 Å². The van der Waals surface area contributed by atoms with E-state index >= 15 is 0 Å². The Morgan fingerprint density at radius 1 is 1.36 bits per heavy atom. The van der Waals surface area contributed by atoms with E-state index in [4.69, 9.17) is 28.9 Å². The lowest BCUT2D eigenvalue weighted by molar-refractivity contribution is 0.0242. The van der Waals surface area contributed by atoms with E-state index in [1.165, 1.54) is 12.1 Å². The number of nitrogens with zero attached hydrogens (tertiary/aromatic N) is 1. The van der Waals surface area contributed by atoms with Crippen LogP contribution in [0.15, 0.2) is 12.1 Å². The molecule has 1 rings (SSSR count). The predicted octanol–water partition coefficient (Wildman–Crippen LogP) is 0.741. The van der Waals surface area contributed by atoms with Crippen molar-refractivity contribution in [2.75, 3.05) is 6.54 Å². The number of hydrogen-bond acceptors (Lipinski definition) is 4. The molecule has 0 fully saturated rings. The first-order valence-corrected chi connectivity index (χ1v) is 4.70. The Morgan fingerprint density at radius 2 is 2.00 bits per heavy atom. The van der Waals surface area contributed by atoms with Crippen LogP contribution in [0, 0.1) is 0 Å². The molecule has 0 saturated carbocycles. The summed E-state index contributed by atoms with van der Waals surface area (Å²) in [7, 11) is 0. The molecule has 6 heteroatoms. The molecule has 4 nitrogen and oxygen atoms in total. The molecular formula is C8H10Cl2N2O2. The van der Waals surface area contributed by atoms with Crippen LogP contribution in [0.2, 0.25) is 10.3 Å². The summed E-state index contributed by atoms with van der Waals surface area (Å²) in [6.45, 7) is -0.0554. The SMILES string of the molecule is NCC(O)C(O)c1ccc(Cl)nc1Cl. The van der Waals surface area contributed by atoms with Gasteiger partial charge >= 0.3 is 0 Å². The lowest BCUT2D eigenvalue weighted by Crippen LogP contribution is -2.27. The summed E-state index contributed by atoms with van der Waals surface area (Å²) >= 11 is 11.3. The normalized spacial score (nSPS) is 15.2. The van der Waals surface area contributed by atoms with Crippen LogP contribution in [0.3, 0.4) is 0 Å². The second-order valence-corrected chi connectivity index (χ2v) is 3.51. The first-order chi connectivity index (χ1) is 6.56. The van der Waals surface area contributed by atoms with Gasteiger partial charge in [-0.3, -0.25) is 0 Å². The molecular weight excluding hydrogens is 227 g/mol. The number of pyridine rings is 1. The Labute approximate surface area is 91.3 Å². The molecule has 14 heavy (non-hydrogen) atoms. The molecule has 0 spiro atoms. The van der Waals surface area contributed by atoms with E-state index in [0.29, 0.717) is 5.56 Å². The average molecular weight is 237 g/mol. The number of aromatic nitrogens is 1. The van der Waals surface area contributed by atoms with E-state index in [9.17, 15) is 10.2 Å². The molecule has 1 aromatic heterocycles. The van der Waals surface area contributed by atoms with Gasteiger partial charge in [-0.15, -0.1) is 0 Å². The zero-order valence-corrected chi connectivity index (χ0v) is 8.70. The van der Waals surface area contributed by atoms with Crippen molar-refractivity contribution in [2.24, 2.45) is 5.73 Å². The second-order valence-electron chi connectivity index (χ2n) is 2.76. The second kappa shape index (κ2) is 4.91. The van der Waals surface area contributed by atoms with Gasteiger partial charge in [-0.05, 0) is 6.07 Å². The van der Waals surface area contributed by atoms with Crippen molar-refractivity contribution in [3.05, 3.63) is 28.0 Å². The molecule has 0 saturated heterocycles. The van der Waals surface area contributed by atoms with Crippen LogP contribution in [0.25, 0.3) is 0 Å². The fourth-order valence-corrected chi connectivity index (χ4v) is 1.44. The van der Waals surface area contributed by atoms with Crippen molar-refractivity contribution in [1.82, 2.24) is 4.98 Å². The van der Waals surface area contributed by atoms with E-state index in [1.807, 2.05) is 0 Å². The van der Waals surface area contributed by atoms with E-state index in [0.717, 1.165) is 0 Å². The van der Waals surface area contributed by atoms with Gasteiger partial charge in [-0.25, -0.2) is 4.98 Å².